The fraction of sp³-hybridized carbons (Fsp3) is 0.686. The Balaban J connectivity index is 1.16. The molecule has 1 aromatic carbocycles. The summed E-state index contributed by atoms with van der Waals surface area (Å²) in [5.74, 6) is -8.78. The Hall–Kier alpha value is -7.20. The number of benzene rings is 1. The number of carbonyl (C=O) groups is 11. The van der Waals surface area contributed by atoms with E-state index in [-0.39, 0.29) is 99.9 Å². The van der Waals surface area contributed by atoms with E-state index in [0.717, 1.165) is 5.56 Å². The van der Waals surface area contributed by atoms with E-state index in [4.69, 9.17) is 39.9 Å². The molecule has 3 aliphatic heterocycles. The van der Waals surface area contributed by atoms with E-state index in [1.54, 1.807) is 42.7 Å². The molecule has 9 amide bonds. The Labute approximate surface area is 627 Å². The molecule has 106 heavy (non-hydrogen) atoms. The molecular formula is C70H112N14O20S2. The standard InChI is InChI=1S/C70H112N14O20S2/c1-3-4-12-52(77-59(86)17-25-99-27-29-101-31-33-103-35-36-104-34-32-102-30-28-100-26-22-76-62(89)51(41-73-20-18-71)42-74-21-19-72)63(90)80-55-45-105-43-49-37-50(40-75-39-49)44-106-46-56(70(97)98)81-65(92)54(38-48-10-6-5-7-11-48)79-64(91)53(15-16-60(87)88)78-67(94)61(47(2)85)82-66(93)57-13-8-23-83(57)69(96)58-14-9-24-84(58)68(55)95/h5-7,10-11,37,39-40,47,51-58,61,73-74,85H,3-4,8-9,12-36,38,41-46,71-72H2,1-2H3,(H,76,89)(H,77,86)(H,78,94)(H,79,91)(H,80,90)(H,81,92)(H,82,93)(H,87,88)(H,97,98)/t47-,52+,53+,54+,55+,56?,57+,58+,61+/m1/s1. The monoisotopic (exact) mass is 1530 g/mol. The lowest BCUT2D eigenvalue weighted by Crippen LogP contribution is -2.61. The number of ether oxygens (including phenoxy) is 6. The number of nitrogens with one attached hydrogen (secondary N) is 9. The molecule has 9 atom stereocenters. The highest BCUT2D eigenvalue weighted by Gasteiger charge is 2.45. The van der Waals surface area contributed by atoms with Crippen LogP contribution in [0.1, 0.15) is 94.7 Å². The number of carboxylic acid groups (broad SMARTS) is 2. The predicted molar refractivity (Wildman–Crippen MR) is 393 cm³/mol. The van der Waals surface area contributed by atoms with E-state index >= 15 is 4.79 Å². The molecule has 0 spiro atoms. The van der Waals surface area contributed by atoms with Gasteiger partial charge in [0.1, 0.15) is 48.3 Å². The predicted octanol–water partition coefficient (Wildman–Crippen LogP) is -2.47. The maximum absolute atomic E-state index is 15.0. The zero-order chi connectivity index (χ0) is 76.9. The molecule has 1 unspecified atom stereocenters. The first kappa shape index (κ1) is 89.4. The number of carboxylic acids is 2. The minimum Gasteiger partial charge on any atom is -0.481 e. The minimum atomic E-state index is -1.76. The van der Waals surface area contributed by atoms with Gasteiger partial charge in [-0.2, -0.15) is 23.5 Å². The Kier molecular flexibility index (Phi) is 43.8. The average molecular weight is 1530 g/mol. The molecule has 0 saturated carbocycles. The van der Waals surface area contributed by atoms with E-state index in [0.29, 0.717) is 142 Å². The number of thioether (sulfide) groups is 2. The molecule has 4 heterocycles. The first-order valence-corrected chi connectivity index (χ1v) is 38.8. The van der Waals surface area contributed by atoms with Crippen molar-refractivity contribution in [1.29, 1.82) is 0 Å². The molecule has 0 aliphatic carbocycles. The van der Waals surface area contributed by atoms with E-state index in [1.807, 2.05) is 13.0 Å². The van der Waals surface area contributed by atoms with Gasteiger partial charge in [-0.05, 0) is 62.1 Å². The van der Waals surface area contributed by atoms with Gasteiger partial charge in [-0.25, -0.2) is 4.79 Å². The Morgan fingerprint density at radius 3 is 1.75 bits per heavy atom. The first-order valence-electron chi connectivity index (χ1n) is 36.5. The number of unbranched alkanes of at least 4 members (excludes halogenated alkanes) is 1. The van der Waals surface area contributed by atoms with Gasteiger partial charge in [0, 0.05) is 114 Å². The number of amides is 9. The van der Waals surface area contributed by atoms with Gasteiger partial charge in [-0.3, -0.25) is 52.9 Å². The van der Waals surface area contributed by atoms with Crippen molar-refractivity contribution in [3.8, 4) is 0 Å². The van der Waals surface area contributed by atoms with Crippen LogP contribution < -0.4 is 59.3 Å². The molecule has 2 saturated heterocycles. The summed E-state index contributed by atoms with van der Waals surface area (Å²) >= 11 is 2.47. The van der Waals surface area contributed by atoms with Gasteiger partial charge in [0.25, 0.3) is 0 Å². The van der Waals surface area contributed by atoms with Crippen molar-refractivity contribution in [3.63, 3.8) is 0 Å². The van der Waals surface area contributed by atoms with E-state index in [1.165, 1.54) is 40.2 Å². The van der Waals surface area contributed by atoms with Gasteiger partial charge in [-0.1, -0.05) is 56.2 Å². The van der Waals surface area contributed by atoms with Crippen LogP contribution in [0.3, 0.4) is 0 Å². The molecule has 34 nitrogen and oxygen atoms in total. The van der Waals surface area contributed by atoms with Gasteiger partial charge in [-0.15, -0.1) is 0 Å². The number of hydrogen-bond acceptors (Lipinski definition) is 25. The van der Waals surface area contributed by atoms with Gasteiger partial charge in [0.2, 0.25) is 53.2 Å². The highest BCUT2D eigenvalue weighted by molar-refractivity contribution is 7.98. The van der Waals surface area contributed by atoms with Gasteiger partial charge in [0.05, 0.1) is 91.3 Å². The van der Waals surface area contributed by atoms with E-state index in [9.17, 15) is 63.3 Å². The molecule has 2 aromatic rings. The van der Waals surface area contributed by atoms with E-state index < -0.39 is 126 Å². The van der Waals surface area contributed by atoms with Crippen molar-refractivity contribution >= 4 is 88.6 Å². The first-order chi connectivity index (χ1) is 51.2. The summed E-state index contributed by atoms with van der Waals surface area (Å²) in [5, 5.41) is 56.0. The summed E-state index contributed by atoms with van der Waals surface area (Å²) in [5.41, 5.74) is 13.1. The Bertz CT molecular complexity index is 3020. The number of aliphatic hydroxyl groups excluding tert-OH is 1. The number of carbonyl (C=O) groups excluding carboxylic acids is 9. The molecule has 2 bridgehead atoms. The number of rotatable bonds is 43. The second kappa shape index (κ2) is 52.0. The van der Waals surface area contributed by atoms with Crippen LogP contribution in [0, 0.1) is 5.92 Å². The van der Waals surface area contributed by atoms with Crippen molar-refractivity contribution in [2.75, 3.05) is 150 Å². The normalized spacial score (nSPS) is 20.9. The Morgan fingerprint density at radius 2 is 1.19 bits per heavy atom. The topological polar surface area (TPSA) is 484 Å². The van der Waals surface area contributed by atoms with E-state index in [2.05, 4.69) is 52.8 Å². The number of aliphatic carboxylic acids is 2. The molecule has 36 heteroatoms. The Morgan fingerprint density at radius 1 is 0.642 bits per heavy atom. The third-order valence-corrected chi connectivity index (χ3v) is 19.5. The highest BCUT2D eigenvalue weighted by atomic mass is 32.2. The lowest BCUT2D eigenvalue weighted by atomic mass is 10.0. The summed E-state index contributed by atoms with van der Waals surface area (Å²) in [6.07, 6.45) is 2.75. The lowest BCUT2D eigenvalue weighted by molar-refractivity contribution is -0.148. The molecule has 0 radical (unpaired) electrons. The zero-order valence-electron chi connectivity index (χ0n) is 60.9. The fourth-order valence-corrected chi connectivity index (χ4v) is 13.6. The fourth-order valence-electron chi connectivity index (χ4n) is 11.7. The van der Waals surface area contributed by atoms with Crippen LogP contribution >= 0.6 is 23.5 Å². The van der Waals surface area contributed by atoms with Gasteiger partial charge >= 0.3 is 11.9 Å². The van der Waals surface area contributed by atoms with Crippen LogP contribution in [0.2, 0.25) is 0 Å². The molecular weight excluding hydrogens is 1420 g/mol. The van der Waals surface area contributed by atoms with Crippen molar-refractivity contribution in [1.82, 2.24) is 62.6 Å². The molecule has 5 rings (SSSR count). The van der Waals surface area contributed by atoms with Crippen LogP contribution in [0.25, 0.3) is 0 Å². The third kappa shape index (κ3) is 33.9. The molecule has 3 aliphatic rings. The average Bonchev–Trinajstić information content (AvgIpc) is 1.63. The summed E-state index contributed by atoms with van der Waals surface area (Å²) in [6, 6.07) is -0.582. The number of pyridine rings is 1. The van der Waals surface area contributed by atoms with Crippen LogP contribution in [0.5, 0.6) is 0 Å². The lowest BCUT2D eigenvalue weighted by Gasteiger charge is -2.34. The number of fused-ring (bicyclic) bond motifs is 4. The van der Waals surface area contributed by atoms with Crippen molar-refractivity contribution < 1.29 is 96.5 Å². The summed E-state index contributed by atoms with van der Waals surface area (Å²) < 4.78 is 33.5. The smallest absolute Gasteiger partial charge is 0.327 e. The van der Waals surface area contributed by atoms with Crippen molar-refractivity contribution in [2.24, 2.45) is 17.4 Å². The maximum Gasteiger partial charge on any atom is 0.327 e. The van der Waals surface area contributed by atoms with Crippen molar-refractivity contribution in [2.45, 2.75) is 150 Å². The quantitative estimate of drug-likeness (QED) is 0.0306. The number of nitrogens with zero attached hydrogens (tertiary/aromatic N) is 3. The summed E-state index contributed by atoms with van der Waals surface area (Å²) in [4.78, 5) is 159. The van der Waals surface area contributed by atoms with Crippen molar-refractivity contribution in [3.05, 3.63) is 65.5 Å². The molecule has 2 fully saturated rings. The largest absolute Gasteiger partial charge is 0.481 e. The van der Waals surface area contributed by atoms with Crippen LogP contribution in [-0.2, 0) is 99.1 Å². The minimum absolute atomic E-state index is 0.000653. The number of hydrogen-bond donors (Lipinski definition) is 14. The van der Waals surface area contributed by atoms with Crippen LogP contribution in [-0.4, -0.2) is 299 Å². The van der Waals surface area contributed by atoms with Gasteiger partial charge < -0.3 is 113 Å². The van der Waals surface area contributed by atoms with Crippen LogP contribution in [0.4, 0.5) is 0 Å². The number of aliphatic hydroxyl groups is 1. The van der Waals surface area contributed by atoms with Crippen LogP contribution in [0.15, 0.2) is 48.8 Å². The number of aromatic nitrogens is 1. The number of nitrogens with two attached hydrogens (primary N) is 2. The maximum atomic E-state index is 15.0. The SMILES string of the molecule is CCCC[C@H](NC(=O)CCOCCOCCOCCOCCOCCOCCNC(=O)C(CNCCN)CNCCN)C(=O)N[C@H]1CSCc2cncc(c2)CSCC(C(=O)O)NC(=O)[C@H](Cc2ccccc2)NC(=O)[C@H](CCC(=O)O)NC(=O)[C@H]([C@@H](C)O)NC(=O)[C@@H]2CCCN2C(=O)[C@@H]2CCCN2C1=O. The molecule has 16 N–H and O–H groups in total. The molecule has 594 valence electrons. The summed E-state index contributed by atoms with van der Waals surface area (Å²) in [7, 11) is 0. The molecule has 1 aromatic heterocycles. The zero-order valence-corrected chi connectivity index (χ0v) is 62.6. The highest BCUT2D eigenvalue weighted by Crippen LogP contribution is 2.27. The second-order valence-electron chi connectivity index (χ2n) is 25.7. The summed E-state index contributed by atoms with van der Waals surface area (Å²) in [6.45, 7) is 10.5. The van der Waals surface area contributed by atoms with Gasteiger partial charge in [0.15, 0.2) is 0 Å². The third-order valence-electron chi connectivity index (χ3n) is 17.3. The second-order valence-corrected chi connectivity index (χ2v) is 27.8.